The van der Waals surface area contributed by atoms with Gasteiger partial charge in [0.2, 0.25) is 17.8 Å². The van der Waals surface area contributed by atoms with Crippen LogP contribution in [-0.2, 0) is 16.0 Å². The average Bonchev–Trinajstić information content (AvgIpc) is 2.67. The summed E-state index contributed by atoms with van der Waals surface area (Å²) in [7, 11) is 0. The van der Waals surface area contributed by atoms with Gasteiger partial charge < -0.3 is 27.8 Å². The monoisotopic (exact) mass is 379 g/mol. The Balaban J connectivity index is 1.55. The van der Waals surface area contributed by atoms with Crippen molar-refractivity contribution >= 4 is 40.2 Å². The third kappa shape index (κ3) is 4.71. The number of aromatic nitrogens is 2. The number of fused-ring (bicyclic) bond motifs is 1. The Morgan fingerprint density at radius 3 is 2.54 bits per heavy atom. The Labute approximate surface area is 161 Å². The van der Waals surface area contributed by atoms with Crippen LogP contribution in [0.1, 0.15) is 5.56 Å². The molecule has 0 saturated carbocycles. The van der Waals surface area contributed by atoms with Crippen molar-refractivity contribution in [3.05, 3.63) is 54.1 Å². The highest BCUT2D eigenvalue weighted by Gasteiger charge is 2.15. The third-order valence-corrected chi connectivity index (χ3v) is 4.08. The number of benzene rings is 2. The quantitative estimate of drug-likeness (QED) is 0.414. The molecule has 2 amide bonds. The summed E-state index contributed by atoms with van der Waals surface area (Å²) >= 11 is 0. The highest BCUT2D eigenvalue weighted by molar-refractivity contribution is 5.98. The third-order valence-electron chi connectivity index (χ3n) is 4.08. The average molecular weight is 379 g/mol. The van der Waals surface area contributed by atoms with Crippen molar-refractivity contribution in [2.75, 3.05) is 23.3 Å². The van der Waals surface area contributed by atoms with Gasteiger partial charge in [0.05, 0.1) is 18.1 Å². The van der Waals surface area contributed by atoms with Crippen molar-refractivity contribution in [1.82, 2.24) is 15.3 Å². The summed E-state index contributed by atoms with van der Waals surface area (Å²) in [6.45, 7) is -0.201. The zero-order valence-electron chi connectivity index (χ0n) is 15.1. The SMILES string of the molecule is Nc1nc(N)c2cc(NC(=O)CNC(=O)[C@H](N)Cc3ccccc3)ccc2n1. The number of amides is 2. The van der Waals surface area contributed by atoms with Crippen LogP contribution in [0.25, 0.3) is 10.9 Å². The summed E-state index contributed by atoms with van der Waals surface area (Å²) < 4.78 is 0. The number of hydrogen-bond donors (Lipinski definition) is 5. The van der Waals surface area contributed by atoms with Gasteiger partial charge in [-0.1, -0.05) is 30.3 Å². The molecular weight excluding hydrogens is 358 g/mol. The smallest absolute Gasteiger partial charge is 0.243 e. The van der Waals surface area contributed by atoms with E-state index in [1.54, 1.807) is 18.2 Å². The van der Waals surface area contributed by atoms with E-state index in [-0.39, 0.29) is 18.3 Å². The lowest BCUT2D eigenvalue weighted by molar-refractivity contribution is -0.125. The van der Waals surface area contributed by atoms with Crippen molar-refractivity contribution in [1.29, 1.82) is 0 Å². The number of carbonyl (C=O) groups excluding carboxylic acids is 2. The number of nitrogen functional groups attached to an aromatic ring is 2. The van der Waals surface area contributed by atoms with Crippen LogP contribution in [0.15, 0.2) is 48.5 Å². The van der Waals surface area contributed by atoms with Crippen molar-refractivity contribution in [2.24, 2.45) is 5.73 Å². The largest absolute Gasteiger partial charge is 0.383 e. The molecule has 3 aromatic rings. The number of nitrogens with zero attached hydrogens (tertiary/aromatic N) is 2. The minimum atomic E-state index is -0.738. The van der Waals surface area contributed by atoms with E-state index in [4.69, 9.17) is 17.2 Å². The van der Waals surface area contributed by atoms with E-state index in [1.165, 1.54) is 0 Å². The zero-order chi connectivity index (χ0) is 20.1. The van der Waals surface area contributed by atoms with E-state index in [1.807, 2.05) is 30.3 Å². The molecule has 0 unspecified atom stereocenters. The second kappa shape index (κ2) is 8.31. The Morgan fingerprint density at radius 1 is 1.04 bits per heavy atom. The first-order chi connectivity index (χ1) is 13.4. The van der Waals surface area contributed by atoms with Gasteiger partial charge in [-0.2, -0.15) is 4.98 Å². The summed E-state index contributed by atoms with van der Waals surface area (Å²) in [6, 6.07) is 13.7. The number of nitrogens with two attached hydrogens (primary N) is 3. The first-order valence-electron chi connectivity index (χ1n) is 8.62. The first-order valence-corrected chi connectivity index (χ1v) is 8.62. The normalized spacial score (nSPS) is 11.8. The zero-order valence-corrected chi connectivity index (χ0v) is 15.1. The minimum Gasteiger partial charge on any atom is -0.383 e. The number of carbonyl (C=O) groups is 2. The Kier molecular flexibility index (Phi) is 5.66. The molecule has 1 atom stereocenters. The fraction of sp³-hybridized carbons (Fsp3) is 0.158. The maximum absolute atomic E-state index is 12.1. The molecule has 9 heteroatoms. The van der Waals surface area contributed by atoms with E-state index < -0.39 is 17.9 Å². The van der Waals surface area contributed by atoms with Gasteiger partial charge in [0.15, 0.2) is 0 Å². The minimum absolute atomic E-state index is 0.0799. The van der Waals surface area contributed by atoms with Gasteiger partial charge in [0.25, 0.3) is 0 Å². The summed E-state index contributed by atoms with van der Waals surface area (Å²) in [6.07, 6.45) is 0.390. The molecule has 0 aliphatic carbocycles. The van der Waals surface area contributed by atoms with Crippen molar-refractivity contribution in [3.8, 4) is 0 Å². The summed E-state index contributed by atoms with van der Waals surface area (Å²) in [4.78, 5) is 32.2. The van der Waals surface area contributed by atoms with Crippen molar-refractivity contribution < 1.29 is 9.59 Å². The van der Waals surface area contributed by atoms with E-state index in [2.05, 4.69) is 20.6 Å². The van der Waals surface area contributed by atoms with Crippen LogP contribution in [0.2, 0.25) is 0 Å². The van der Waals surface area contributed by atoms with Gasteiger partial charge in [0, 0.05) is 11.1 Å². The summed E-state index contributed by atoms with van der Waals surface area (Å²) in [5.74, 6) is -0.490. The molecule has 8 N–H and O–H groups in total. The molecule has 144 valence electrons. The van der Waals surface area contributed by atoms with Gasteiger partial charge >= 0.3 is 0 Å². The van der Waals surface area contributed by atoms with Gasteiger partial charge in [-0.3, -0.25) is 9.59 Å². The fourth-order valence-corrected chi connectivity index (χ4v) is 2.71. The lowest BCUT2D eigenvalue weighted by Crippen LogP contribution is -2.44. The topological polar surface area (TPSA) is 162 Å². The molecule has 0 spiro atoms. The van der Waals surface area contributed by atoms with Crippen molar-refractivity contribution in [3.63, 3.8) is 0 Å². The van der Waals surface area contributed by atoms with E-state index >= 15 is 0 Å². The fourth-order valence-electron chi connectivity index (χ4n) is 2.71. The van der Waals surface area contributed by atoms with Crippen LogP contribution in [0.4, 0.5) is 17.5 Å². The molecule has 0 bridgehead atoms. The summed E-state index contributed by atoms with van der Waals surface area (Å²) in [5.41, 5.74) is 19.3. The molecule has 1 heterocycles. The second-order valence-electron chi connectivity index (χ2n) is 6.26. The molecule has 0 saturated heterocycles. The number of anilines is 3. The number of rotatable bonds is 6. The van der Waals surface area contributed by atoms with E-state index in [0.29, 0.717) is 23.0 Å². The van der Waals surface area contributed by atoms with Gasteiger partial charge in [-0.15, -0.1) is 0 Å². The Bertz CT molecular complexity index is 1010. The van der Waals surface area contributed by atoms with E-state index in [0.717, 1.165) is 5.56 Å². The highest BCUT2D eigenvalue weighted by atomic mass is 16.2. The number of hydrogen-bond acceptors (Lipinski definition) is 7. The van der Waals surface area contributed by atoms with Crippen LogP contribution in [0, 0.1) is 0 Å². The molecule has 0 radical (unpaired) electrons. The van der Waals surface area contributed by atoms with Crippen LogP contribution < -0.4 is 27.8 Å². The summed E-state index contributed by atoms with van der Waals surface area (Å²) in [5, 5.41) is 5.79. The van der Waals surface area contributed by atoms with Gasteiger partial charge in [-0.25, -0.2) is 4.98 Å². The maximum atomic E-state index is 12.1. The molecule has 0 aliphatic heterocycles. The Morgan fingerprint density at radius 2 is 1.79 bits per heavy atom. The van der Waals surface area contributed by atoms with Gasteiger partial charge in [0.1, 0.15) is 5.82 Å². The first kappa shape index (κ1) is 19.1. The number of nitrogens with one attached hydrogen (secondary N) is 2. The maximum Gasteiger partial charge on any atom is 0.243 e. The molecule has 1 aromatic heterocycles. The van der Waals surface area contributed by atoms with Gasteiger partial charge in [-0.05, 0) is 30.2 Å². The molecular formula is C19H21N7O2. The second-order valence-corrected chi connectivity index (χ2v) is 6.26. The van der Waals surface area contributed by atoms with Crippen LogP contribution in [-0.4, -0.2) is 34.4 Å². The van der Waals surface area contributed by atoms with E-state index in [9.17, 15) is 9.59 Å². The molecule has 0 fully saturated rings. The predicted octanol–water partition coefficient (Wildman–Crippen LogP) is 0.419. The van der Waals surface area contributed by atoms with Crippen LogP contribution in [0.3, 0.4) is 0 Å². The van der Waals surface area contributed by atoms with Crippen molar-refractivity contribution in [2.45, 2.75) is 12.5 Å². The Hall–Kier alpha value is -3.72. The highest BCUT2D eigenvalue weighted by Crippen LogP contribution is 2.22. The lowest BCUT2D eigenvalue weighted by atomic mass is 10.1. The molecule has 9 nitrogen and oxygen atoms in total. The molecule has 3 rings (SSSR count). The lowest BCUT2D eigenvalue weighted by Gasteiger charge is -2.13. The predicted molar refractivity (Wildman–Crippen MR) is 108 cm³/mol. The molecule has 28 heavy (non-hydrogen) atoms. The van der Waals surface area contributed by atoms with Crippen LogP contribution in [0.5, 0.6) is 0 Å². The van der Waals surface area contributed by atoms with Crippen LogP contribution >= 0.6 is 0 Å². The molecule has 2 aromatic carbocycles. The standard InChI is InChI=1S/C19H21N7O2/c20-14(8-11-4-2-1-3-5-11)18(28)23-10-16(27)24-12-6-7-15-13(9-12)17(21)26-19(22)25-15/h1-7,9,14H,8,10,20H2,(H,23,28)(H,24,27)(H4,21,22,25,26)/t14-/m1/s1. The molecule has 0 aliphatic rings.